The van der Waals surface area contributed by atoms with Gasteiger partial charge in [-0.3, -0.25) is 4.79 Å². The van der Waals surface area contributed by atoms with Crippen LogP contribution in [0.25, 0.3) is 0 Å². The van der Waals surface area contributed by atoms with E-state index in [1.54, 1.807) is 0 Å². The van der Waals surface area contributed by atoms with Crippen LogP contribution in [0, 0.1) is 11.3 Å². The van der Waals surface area contributed by atoms with Crippen molar-refractivity contribution in [3.63, 3.8) is 0 Å². The van der Waals surface area contributed by atoms with Gasteiger partial charge in [0.1, 0.15) is 0 Å². The molecule has 0 aromatic heterocycles. The van der Waals surface area contributed by atoms with Crippen LogP contribution < -0.4 is 11.1 Å². The molecule has 1 saturated heterocycles. The lowest BCUT2D eigenvalue weighted by atomic mass is 9.87. The van der Waals surface area contributed by atoms with Crippen molar-refractivity contribution in [3.8, 4) is 0 Å². The van der Waals surface area contributed by atoms with Gasteiger partial charge < -0.3 is 16.0 Å². The zero-order valence-corrected chi connectivity index (χ0v) is 10.9. The number of hydrogen-bond acceptors (Lipinski definition) is 3. The molecule has 3 N–H and O–H groups in total. The number of nitrogens with zero attached hydrogens (tertiary/aromatic N) is 1. The maximum absolute atomic E-state index is 11.8. The Morgan fingerprint density at radius 3 is 2.62 bits per heavy atom. The van der Waals surface area contributed by atoms with E-state index < -0.39 is 6.04 Å². The first-order chi connectivity index (χ1) is 7.30. The van der Waals surface area contributed by atoms with E-state index >= 15 is 0 Å². The minimum atomic E-state index is -0.424. The molecule has 4 heteroatoms. The van der Waals surface area contributed by atoms with E-state index in [9.17, 15) is 4.79 Å². The quantitative estimate of drug-likeness (QED) is 0.735. The lowest BCUT2D eigenvalue weighted by molar-refractivity contribution is -0.124. The number of nitrogens with one attached hydrogen (secondary N) is 1. The third kappa shape index (κ3) is 3.76. The molecule has 0 aliphatic carbocycles. The van der Waals surface area contributed by atoms with Gasteiger partial charge in [-0.1, -0.05) is 20.8 Å². The average molecular weight is 227 g/mol. The molecule has 0 aromatic rings. The second-order valence-electron chi connectivity index (χ2n) is 6.01. The van der Waals surface area contributed by atoms with Gasteiger partial charge in [-0.15, -0.1) is 0 Å². The fraction of sp³-hybridized carbons (Fsp3) is 0.917. The number of rotatable bonds is 3. The third-order valence-corrected chi connectivity index (χ3v) is 3.27. The predicted octanol–water partition coefficient (Wildman–Crippen LogP) is 0.428. The summed E-state index contributed by atoms with van der Waals surface area (Å²) < 4.78 is 0. The zero-order chi connectivity index (χ0) is 12.3. The van der Waals surface area contributed by atoms with Gasteiger partial charge >= 0.3 is 0 Å². The molecule has 0 aromatic carbocycles. The molecule has 1 aliphatic heterocycles. The Bertz CT molecular complexity index is 247. The Labute approximate surface area is 98.6 Å². The van der Waals surface area contributed by atoms with Crippen molar-refractivity contribution < 1.29 is 4.79 Å². The summed E-state index contributed by atoms with van der Waals surface area (Å²) in [4.78, 5) is 14.1. The molecular weight excluding hydrogens is 202 g/mol. The van der Waals surface area contributed by atoms with Gasteiger partial charge in [-0.2, -0.15) is 0 Å². The summed E-state index contributed by atoms with van der Waals surface area (Å²) in [5.74, 6) is 0.558. The van der Waals surface area contributed by atoms with Gasteiger partial charge in [0.05, 0.1) is 6.04 Å². The molecule has 1 amide bonds. The molecule has 1 fully saturated rings. The van der Waals surface area contributed by atoms with Crippen LogP contribution in [0.3, 0.4) is 0 Å². The molecule has 0 bridgehead atoms. The van der Waals surface area contributed by atoms with E-state index in [-0.39, 0.29) is 11.3 Å². The van der Waals surface area contributed by atoms with Crippen LogP contribution >= 0.6 is 0 Å². The molecule has 94 valence electrons. The van der Waals surface area contributed by atoms with Gasteiger partial charge in [0.2, 0.25) is 5.91 Å². The van der Waals surface area contributed by atoms with Crippen molar-refractivity contribution in [2.24, 2.45) is 17.1 Å². The van der Waals surface area contributed by atoms with E-state index in [2.05, 4.69) is 17.3 Å². The number of amides is 1. The molecule has 1 aliphatic rings. The Kier molecular flexibility index (Phi) is 4.33. The molecular formula is C12H25N3O. The van der Waals surface area contributed by atoms with Crippen molar-refractivity contribution in [1.82, 2.24) is 10.2 Å². The number of nitrogens with two attached hydrogens (primary N) is 1. The predicted molar refractivity (Wildman–Crippen MR) is 66.0 cm³/mol. The first kappa shape index (κ1) is 13.5. The number of likely N-dealkylation sites (tertiary alicyclic amines) is 1. The summed E-state index contributed by atoms with van der Waals surface area (Å²) in [5, 5.41) is 2.96. The van der Waals surface area contributed by atoms with E-state index in [0.29, 0.717) is 5.92 Å². The maximum Gasteiger partial charge on any atom is 0.237 e. The highest BCUT2D eigenvalue weighted by molar-refractivity contribution is 5.82. The summed E-state index contributed by atoms with van der Waals surface area (Å²) in [5.41, 5.74) is 5.71. The molecule has 4 nitrogen and oxygen atoms in total. The Hall–Kier alpha value is -0.610. The molecule has 2 atom stereocenters. The van der Waals surface area contributed by atoms with Gasteiger partial charge in [0, 0.05) is 13.1 Å². The molecule has 0 spiro atoms. The monoisotopic (exact) mass is 227 g/mol. The van der Waals surface area contributed by atoms with Gasteiger partial charge in [-0.05, 0) is 31.3 Å². The first-order valence-electron chi connectivity index (χ1n) is 6.02. The number of hydrogen-bond donors (Lipinski definition) is 2. The number of carbonyl (C=O) groups is 1. The van der Waals surface area contributed by atoms with E-state index in [0.717, 1.165) is 19.6 Å². The largest absolute Gasteiger partial charge is 0.354 e. The molecule has 16 heavy (non-hydrogen) atoms. The minimum Gasteiger partial charge on any atom is -0.354 e. The highest BCUT2D eigenvalue weighted by Gasteiger charge is 2.28. The van der Waals surface area contributed by atoms with Crippen molar-refractivity contribution in [3.05, 3.63) is 0 Å². The minimum absolute atomic E-state index is 0.0259. The first-order valence-corrected chi connectivity index (χ1v) is 6.02. The Morgan fingerprint density at radius 1 is 1.56 bits per heavy atom. The second-order valence-corrected chi connectivity index (χ2v) is 6.01. The van der Waals surface area contributed by atoms with Crippen molar-refractivity contribution >= 4 is 5.91 Å². The highest BCUT2D eigenvalue weighted by Crippen LogP contribution is 2.18. The summed E-state index contributed by atoms with van der Waals surface area (Å²) in [6.07, 6.45) is 1.17. The molecule has 0 radical (unpaired) electrons. The average Bonchev–Trinajstić information content (AvgIpc) is 2.58. The molecule has 1 heterocycles. The maximum atomic E-state index is 11.8. The molecule has 1 rings (SSSR count). The number of carbonyl (C=O) groups excluding carboxylic acids is 1. The topological polar surface area (TPSA) is 58.4 Å². The second kappa shape index (κ2) is 5.15. The van der Waals surface area contributed by atoms with Crippen LogP contribution in [0.4, 0.5) is 0 Å². The standard InChI is InChI=1S/C12H25N3O/c1-12(2,3)10(13)11(16)14-7-9-5-6-15(4)8-9/h9-10H,5-8,13H2,1-4H3,(H,14,16)/t9?,10-/m0/s1. The SMILES string of the molecule is CN1CCC(CNC(=O)[C@H](N)C(C)(C)C)C1. The lowest BCUT2D eigenvalue weighted by Gasteiger charge is -2.26. The van der Waals surface area contributed by atoms with Gasteiger partial charge in [0.15, 0.2) is 0 Å². The fourth-order valence-corrected chi connectivity index (χ4v) is 1.94. The van der Waals surface area contributed by atoms with Crippen LogP contribution in [0.5, 0.6) is 0 Å². The van der Waals surface area contributed by atoms with Gasteiger partial charge in [0.25, 0.3) is 0 Å². The third-order valence-electron chi connectivity index (χ3n) is 3.27. The highest BCUT2D eigenvalue weighted by atomic mass is 16.2. The van der Waals surface area contributed by atoms with Crippen molar-refractivity contribution in [1.29, 1.82) is 0 Å². The van der Waals surface area contributed by atoms with E-state index in [1.807, 2.05) is 20.8 Å². The van der Waals surface area contributed by atoms with Crippen LogP contribution in [-0.2, 0) is 4.79 Å². The van der Waals surface area contributed by atoms with Gasteiger partial charge in [-0.25, -0.2) is 0 Å². The zero-order valence-electron chi connectivity index (χ0n) is 10.9. The summed E-state index contributed by atoms with van der Waals surface area (Å²) >= 11 is 0. The molecule has 0 saturated carbocycles. The van der Waals surface area contributed by atoms with E-state index in [4.69, 9.17) is 5.73 Å². The smallest absolute Gasteiger partial charge is 0.237 e. The summed E-state index contributed by atoms with van der Waals surface area (Å²) in [7, 11) is 2.11. The fourth-order valence-electron chi connectivity index (χ4n) is 1.94. The summed E-state index contributed by atoms with van der Waals surface area (Å²) in [6, 6.07) is -0.424. The summed E-state index contributed by atoms with van der Waals surface area (Å²) in [6.45, 7) is 8.92. The van der Waals surface area contributed by atoms with Crippen LogP contribution in [0.1, 0.15) is 27.2 Å². The lowest BCUT2D eigenvalue weighted by Crippen LogP contribution is -2.49. The van der Waals surface area contributed by atoms with Crippen LogP contribution in [0.15, 0.2) is 0 Å². The van der Waals surface area contributed by atoms with E-state index in [1.165, 1.54) is 6.42 Å². The molecule has 1 unspecified atom stereocenters. The Morgan fingerprint density at radius 2 is 2.19 bits per heavy atom. The van der Waals surface area contributed by atoms with Crippen molar-refractivity contribution in [2.75, 3.05) is 26.7 Å². The van der Waals surface area contributed by atoms with Crippen LogP contribution in [0.2, 0.25) is 0 Å². The Balaban J connectivity index is 2.30. The normalized spacial score (nSPS) is 24.4. The van der Waals surface area contributed by atoms with Crippen LogP contribution in [-0.4, -0.2) is 43.5 Å². The van der Waals surface area contributed by atoms with Crippen molar-refractivity contribution in [2.45, 2.75) is 33.2 Å².